The van der Waals surface area contributed by atoms with Crippen LogP contribution >= 0.6 is 11.8 Å². The van der Waals surface area contributed by atoms with Crippen LogP contribution in [0.15, 0.2) is 59.6 Å². The third-order valence-corrected chi connectivity index (χ3v) is 4.68. The number of nitrogens with one attached hydrogen (secondary N) is 1. The molecular weight excluding hydrogens is 294 g/mol. The second-order valence-corrected chi connectivity index (χ2v) is 6.19. The van der Waals surface area contributed by atoms with Crippen molar-refractivity contribution in [2.75, 3.05) is 17.6 Å². The second kappa shape index (κ2) is 6.77. The quantitative estimate of drug-likeness (QED) is 0.908. The largest absolute Gasteiger partial charge is 0.357 e. The van der Waals surface area contributed by atoms with Crippen molar-refractivity contribution in [3.63, 3.8) is 0 Å². The number of quaternary nitrogens is 1. The number of carbonyl (C=O) groups excluding carboxylic acids is 1. The lowest BCUT2D eigenvalue weighted by atomic mass is 10.1. The predicted octanol–water partition coefficient (Wildman–Crippen LogP) is 2.10. The summed E-state index contributed by atoms with van der Waals surface area (Å²) in [7, 11) is 0. The third kappa shape index (κ3) is 3.05. The van der Waals surface area contributed by atoms with Crippen molar-refractivity contribution in [2.24, 2.45) is 4.99 Å². The molecule has 112 valence electrons. The summed E-state index contributed by atoms with van der Waals surface area (Å²) in [4.78, 5) is 17.4. The molecule has 2 aromatic carbocycles. The van der Waals surface area contributed by atoms with Gasteiger partial charge in [0.25, 0.3) is 0 Å². The summed E-state index contributed by atoms with van der Waals surface area (Å²) in [6.45, 7) is 0.781. The minimum absolute atomic E-state index is 0.0222. The molecule has 4 nitrogen and oxygen atoms in total. The fourth-order valence-corrected chi connectivity index (χ4v) is 3.33. The van der Waals surface area contributed by atoms with Gasteiger partial charge in [0, 0.05) is 5.75 Å². The van der Waals surface area contributed by atoms with Gasteiger partial charge in [-0.1, -0.05) is 42.5 Å². The Labute approximate surface area is 133 Å². The van der Waals surface area contributed by atoms with E-state index < -0.39 is 0 Å². The Balaban J connectivity index is 2.09. The first kappa shape index (κ1) is 14.8. The van der Waals surface area contributed by atoms with Crippen LogP contribution < -0.4 is 11.1 Å². The van der Waals surface area contributed by atoms with Gasteiger partial charge in [0.1, 0.15) is 5.25 Å². The first-order valence-electron chi connectivity index (χ1n) is 7.24. The number of fused-ring (bicyclic) bond motifs is 1. The first-order valence-corrected chi connectivity index (χ1v) is 8.29. The van der Waals surface area contributed by atoms with Crippen LogP contribution in [0.2, 0.25) is 0 Å². The molecule has 0 bridgehead atoms. The first-order chi connectivity index (χ1) is 10.8. The van der Waals surface area contributed by atoms with Gasteiger partial charge in [-0.15, -0.1) is 11.8 Å². The van der Waals surface area contributed by atoms with E-state index in [0.717, 1.165) is 34.9 Å². The van der Waals surface area contributed by atoms with Crippen LogP contribution in [0.3, 0.4) is 0 Å². The molecular formula is C17H18N3OS+. The van der Waals surface area contributed by atoms with Gasteiger partial charge in [-0.05, 0) is 17.7 Å². The highest BCUT2D eigenvalue weighted by molar-refractivity contribution is 8.01. The van der Waals surface area contributed by atoms with E-state index in [-0.39, 0.29) is 11.2 Å². The van der Waals surface area contributed by atoms with E-state index >= 15 is 0 Å². The topological polar surface area (TPSA) is 69.1 Å². The molecule has 22 heavy (non-hydrogen) atoms. The highest BCUT2D eigenvalue weighted by atomic mass is 32.2. The minimum atomic E-state index is -0.323. The monoisotopic (exact) mass is 312 g/mol. The molecule has 5 heteroatoms. The summed E-state index contributed by atoms with van der Waals surface area (Å²) in [6, 6.07) is 17.5. The van der Waals surface area contributed by atoms with Crippen molar-refractivity contribution in [1.29, 1.82) is 0 Å². The van der Waals surface area contributed by atoms with Crippen LogP contribution in [0.5, 0.6) is 0 Å². The number of amides is 1. The van der Waals surface area contributed by atoms with Crippen LogP contribution in [0.25, 0.3) is 0 Å². The van der Waals surface area contributed by atoms with Crippen LogP contribution in [-0.4, -0.2) is 29.2 Å². The zero-order valence-corrected chi connectivity index (χ0v) is 13.0. The molecule has 0 aliphatic carbocycles. The predicted molar refractivity (Wildman–Crippen MR) is 91.7 cm³/mol. The molecule has 2 aromatic rings. The van der Waals surface area contributed by atoms with Gasteiger partial charge in [-0.2, -0.15) is 0 Å². The molecule has 0 unspecified atom stereocenters. The van der Waals surface area contributed by atoms with Gasteiger partial charge in [-0.25, -0.2) is 4.99 Å². The number of thioether (sulfide) groups is 1. The van der Waals surface area contributed by atoms with E-state index in [0.29, 0.717) is 0 Å². The van der Waals surface area contributed by atoms with Gasteiger partial charge in [0.2, 0.25) is 5.91 Å². The minimum Gasteiger partial charge on any atom is -0.357 e. The molecule has 0 fully saturated rings. The average Bonchev–Trinajstić information content (AvgIpc) is 2.70. The van der Waals surface area contributed by atoms with Gasteiger partial charge in [0.15, 0.2) is 0 Å². The van der Waals surface area contributed by atoms with E-state index in [1.54, 1.807) is 11.8 Å². The van der Waals surface area contributed by atoms with Gasteiger partial charge in [-0.3, -0.25) is 4.79 Å². The molecule has 0 radical (unpaired) electrons. The number of para-hydroxylation sites is 2. The zero-order valence-electron chi connectivity index (χ0n) is 12.2. The molecule has 0 spiro atoms. The van der Waals surface area contributed by atoms with Crippen molar-refractivity contribution in [2.45, 2.75) is 5.25 Å². The Morgan fingerprint density at radius 3 is 2.59 bits per heavy atom. The number of nitrogens with zero attached hydrogens (tertiary/aromatic N) is 1. The zero-order chi connectivity index (χ0) is 15.4. The maximum absolute atomic E-state index is 12.6. The highest BCUT2D eigenvalue weighted by Crippen LogP contribution is 2.31. The molecule has 1 atom stereocenters. The van der Waals surface area contributed by atoms with Crippen molar-refractivity contribution in [1.82, 2.24) is 0 Å². The fourth-order valence-electron chi connectivity index (χ4n) is 2.37. The smallest absolute Gasteiger partial charge is 0.243 e. The molecule has 0 aromatic heterocycles. The Hall–Kier alpha value is -2.11. The van der Waals surface area contributed by atoms with E-state index in [4.69, 9.17) is 4.99 Å². The number of benzene rings is 2. The van der Waals surface area contributed by atoms with Gasteiger partial charge < -0.3 is 11.1 Å². The standard InChI is InChI=1S/C17H17N3OS/c18-10-11-22-16-15(12-6-2-1-3-7-12)19-13-8-4-5-9-14(13)20-17(16)21/h1-9,16H,10-11,18H2,(H,20,21)/p+1/t16-/m0/s1. The van der Waals surface area contributed by atoms with Crippen molar-refractivity contribution < 1.29 is 10.5 Å². The summed E-state index contributed by atoms with van der Waals surface area (Å²) in [5.41, 5.74) is 7.21. The number of hydrogen-bond donors (Lipinski definition) is 2. The summed E-state index contributed by atoms with van der Waals surface area (Å²) < 4.78 is 0. The highest BCUT2D eigenvalue weighted by Gasteiger charge is 2.29. The Morgan fingerprint density at radius 2 is 1.82 bits per heavy atom. The van der Waals surface area contributed by atoms with Crippen LogP contribution in [0.4, 0.5) is 11.4 Å². The van der Waals surface area contributed by atoms with Crippen LogP contribution in [0.1, 0.15) is 5.56 Å². The lowest BCUT2D eigenvalue weighted by Crippen LogP contribution is -2.51. The molecule has 1 amide bonds. The summed E-state index contributed by atoms with van der Waals surface area (Å²) in [5, 5.41) is 2.66. The molecule has 0 saturated heterocycles. The lowest BCUT2D eigenvalue weighted by Gasteiger charge is -2.15. The molecule has 1 aliphatic rings. The molecule has 1 heterocycles. The van der Waals surface area contributed by atoms with Crippen molar-refractivity contribution in [3.8, 4) is 0 Å². The lowest BCUT2D eigenvalue weighted by molar-refractivity contribution is -0.360. The summed E-state index contributed by atoms with van der Waals surface area (Å²) >= 11 is 1.59. The number of hydrogen-bond acceptors (Lipinski definition) is 3. The molecule has 4 N–H and O–H groups in total. The van der Waals surface area contributed by atoms with E-state index in [1.165, 1.54) is 0 Å². The van der Waals surface area contributed by atoms with E-state index in [2.05, 4.69) is 11.1 Å². The average molecular weight is 312 g/mol. The Kier molecular flexibility index (Phi) is 4.56. The number of carbonyl (C=O) groups is 1. The number of anilines is 1. The molecule has 0 saturated carbocycles. The maximum atomic E-state index is 12.6. The van der Waals surface area contributed by atoms with Gasteiger partial charge in [0.05, 0.1) is 23.6 Å². The SMILES string of the molecule is [NH3+]CCS[C@@H]1C(=O)Nc2ccccc2N=C1c1ccccc1. The normalized spacial score (nSPS) is 17.2. The number of rotatable bonds is 4. The maximum Gasteiger partial charge on any atom is 0.243 e. The van der Waals surface area contributed by atoms with E-state index in [1.807, 2.05) is 54.6 Å². The van der Waals surface area contributed by atoms with Crippen LogP contribution in [0, 0.1) is 0 Å². The Morgan fingerprint density at radius 1 is 1.09 bits per heavy atom. The van der Waals surface area contributed by atoms with E-state index in [9.17, 15) is 4.79 Å². The van der Waals surface area contributed by atoms with Gasteiger partial charge >= 0.3 is 0 Å². The molecule has 3 rings (SSSR count). The van der Waals surface area contributed by atoms with Crippen LogP contribution in [-0.2, 0) is 4.79 Å². The third-order valence-electron chi connectivity index (χ3n) is 3.39. The summed E-state index contributed by atoms with van der Waals surface area (Å²) in [6.07, 6.45) is 0. The van der Waals surface area contributed by atoms with Crippen molar-refractivity contribution >= 4 is 34.8 Å². The number of aliphatic imine (C=N–C) groups is 1. The van der Waals surface area contributed by atoms with Crippen molar-refractivity contribution in [3.05, 3.63) is 60.2 Å². The fraction of sp³-hybridized carbons (Fsp3) is 0.176. The second-order valence-electron chi connectivity index (χ2n) is 4.97. The molecule has 1 aliphatic heterocycles. The summed E-state index contributed by atoms with van der Waals surface area (Å²) in [5.74, 6) is 0.798. The Bertz CT molecular complexity index is 700.